The minimum Gasteiger partial charge on any atom is -0.341 e. The Morgan fingerprint density at radius 3 is 2.46 bits per heavy atom. The maximum absolute atomic E-state index is 9.60. The highest BCUT2D eigenvalue weighted by molar-refractivity contribution is 9.10. The van der Waals surface area contributed by atoms with Crippen molar-refractivity contribution in [3.05, 3.63) is 82.3 Å². The van der Waals surface area contributed by atoms with Crippen LogP contribution >= 0.6 is 15.9 Å². The van der Waals surface area contributed by atoms with E-state index in [0.717, 1.165) is 22.1 Å². The van der Waals surface area contributed by atoms with Crippen LogP contribution in [0.1, 0.15) is 18.1 Å². The van der Waals surface area contributed by atoms with Crippen LogP contribution in [0.2, 0.25) is 0 Å². The van der Waals surface area contributed by atoms with E-state index >= 15 is 0 Å². The third kappa shape index (κ3) is 2.83. The maximum atomic E-state index is 9.60. The molecule has 0 spiro atoms. The molecule has 0 atom stereocenters. The number of halogens is 1. The molecule has 0 N–H and O–H groups in total. The average Bonchev–Trinajstić information content (AvgIpc) is 3.00. The fourth-order valence-corrected chi connectivity index (χ4v) is 3.74. The highest BCUT2D eigenvalue weighted by atomic mass is 79.9. The van der Waals surface area contributed by atoms with E-state index in [1.165, 1.54) is 21.8 Å². The van der Waals surface area contributed by atoms with Gasteiger partial charge < -0.3 is 4.57 Å². The van der Waals surface area contributed by atoms with E-state index in [9.17, 15) is 5.26 Å². The fourth-order valence-electron chi connectivity index (χ4n) is 3.48. The Labute approximate surface area is 161 Å². The van der Waals surface area contributed by atoms with Gasteiger partial charge in [0, 0.05) is 32.8 Å². The second-order valence-corrected chi connectivity index (χ2v) is 7.13. The van der Waals surface area contributed by atoms with Crippen LogP contribution in [0.15, 0.2) is 71.2 Å². The molecule has 126 valence electrons. The van der Waals surface area contributed by atoms with E-state index in [-0.39, 0.29) is 0 Å². The molecular formula is C23H17BrN2. The lowest BCUT2D eigenvalue weighted by Crippen LogP contribution is -1.92. The molecule has 4 aromatic rings. The molecule has 0 fully saturated rings. The predicted molar refractivity (Wildman–Crippen MR) is 113 cm³/mol. The fraction of sp³-hybridized carbons (Fsp3) is 0.0870. The first-order valence-electron chi connectivity index (χ1n) is 8.60. The molecule has 0 aliphatic heterocycles. The van der Waals surface area contributed by atoms with E-state index in [2.05, 4.69) is 76.0 Å². The number of benzene rings is 3. The highest BCUT2D eigenvalue weighted by Gasteiger charge is 2.09. The molecule has 0 radical (unpaired) electrons. The molecule has 0 saturated heterocycles. The molecule has 0 aliphatic carbocycles. The van der Waals surface area contributed by atoms with Crippen molar-refractivity contribution in [1.82, 2.24) is 4.57 Å². The summed E-state index contributed by atoms with van der Waals surface area (Å²) in [6.07, 6.45) is 1.96. The second-order valence-electron chi connectivity index (χ2n) is 6.21. The molecule has 3 heteroatoms. The smallest absolute Gasteiger partial charge is 0.0998 e. The van der Waals surface area contributed by atoms with Crippen molar-refractivity contribution >= 4 is 49.4 Å². The van der Waals surface area contributed by atoms with Crippen molar-refractivity contribution in [2.24, 2.45) is 0 Å². The molecule has 0 bridgehead atoms. The maximum Gasteiger partial charge on any atom is 0.0998 e. The highest BCUT2D eigenvalue weighted by Crippen LogP contribution is 2.30. The molecule has 0 amide bonds. The summed E-state index contributed by atoms with van der Waals surface area (Å²) >= 11 is 3.44. The zero-order chi connectivity index (χ0) is 18.1. The second kappa shape index (κ2) is 6.82. The molecule has 4 rings (SSSR count). The number of para-hydroxylation sites is 1. The Kier molecular flexibility index (Phi) is 4.36. The SMILES string of the molecule is CCn1c2ccccc2c2cc(C=C(C#N)c3ccc(Br)cc3)ccc21. The van der Waals surface area contributed by atoms with E-state index in [0.29, 0.717) is 5.57 Å². The summed E-state index contributed by atoms with van der Waals surface area (Å²) in [5.41, 5.74) is 5.10. The summed E-state index contributed by atoms with van der Waals surface area (Å²) in [6.45, 7) is 3.10. The van der Waals surface area contributed by atoms with Gasteiger partial charge in [-0.2, -0.15) is 5.26 Å². The van der Waals surface area contributed by atoms with E-state index in [1.54, 1.807) is 0 Å². The first kappa shape index (κ1) is 16.6. The van der Waals surface area contributed by atoms with Crippen LogP contribution in [0.4, 0.5) is 0 Å². The minimum atomic E-state index is 0.663. The van der Waals surface area contributed by atoms with Crippen LogP contribution in [0.3, 0.4) is 0 Å². The number of nitriles is 1. The number of hydrogen-bond donors (Lipinski definition) is 0. The number of allylic oxidation sites excluding steroid dienone is 1. The molecule has 1 aromatic heterocycles. The zero-order valence-corrected chi connectivity index (χ0v) is 16.0. The summed E-state index contributed by atoms with van der Waals surface area (Å²) in [4.78, 5) is 0. The van der Waals surface area contributed by atoms with Crippen LogP contribution in [0, 0.1) is 11.3 Å². The topological polar surface area (TPSA) is 28.7 Å². The average molecular weight is 401 g/mol. The summed E-state index contributed by atoms with van der Waals surface area (Å²) in [5, 5.41) is 12.1. The van der Waals surface area contributed by atoms with E-state index in [1.807, 2.05) is 30.3 Å². The Balaban J connectivity index is 1.88. The van der Waals surface area contributed by atoms with Gasteiger partial charge in [-0.05, 0) is 54.5 Å². The van der Waals surface area contributed by atoms with Gasteiger partial charge in [-0.1, -0.05) is 52.3 Å². The van der Waals surface area contributed by atoms with Gasteiger partial charge in [0.05, 0.1) is 11.6 Å². The number of rotatable bonds is 3. The van der Waals surface area contributed by atoms with Crippen LogP contribution in [0.5, 0.6) is 0 Å². The van der Waals surface area contributed by atoms with Crippen LogP contribution in [-0.2, 0) is 6.54 Å². The monoisotopic (exact) mass is 400 g/mol. The van der Waals surface area contributed by atoms with Gasteiger partial charge in [-0.3, -0.25) is 0 Å². The number of fused-ring (bicyclic) bond motifs is 3. The van der Waals surface area contributed by atoms with Crippen molar-refractivity contribution < 1.29 is 0 Å². The van der Waals surface area contributed by atoms with E-state index in [4.69, 9.17) is 0 Å². The number of aryl methyl sites for hydroxylation is 1. The quantitative estimate of drug-likeness (QED) is 0.279. The van der Waals surface area contributed by atoms with Crippen molar-refractivity contribution in [2.45, 2.75) is 13.5 Å². The molecule has 26 heavy (non-hydrogen) atoms. The van der Waals surface area contributed by atoms with Gasteiger partial charge in [-0.15, -0.1) is 0 Å². The summed E-state index contributed by atoms with van der Waals surface area (Å²) in [6, 6.07) is 25.1. The molecule has 0 unspecified atom stereocenters. The van der Waals surface area contributed by atoms with Crippen LogP contribution in [-0.4, -0.2) is 4.57 Å². The largest absolute Gasteiger partial charge is 0.341 e. The van der Waals surface area contributed by atoms with Gasteiger partial charge in [0.1, 0.15) is 0 Å². The predicted octanol–water partition coefficient (Wildman–Crippen LogP) is 6.64. The number of hydrogen-bond acceptors (Lipinski definition) is 1. The van der Waals surface area contributed by atoms with Crippen LogP contribution < -0.4 is 0 Å². The van der Waals surface area contributed by atoms with Crippen molar-refractivity contribution in [1.29, 1.82) is 5.26 Å². The Morgan fingerprint density at radius 2 is 1.73 bits per heavy atom. The lowest BCUT2D eigenvalue weighted by molar-refractivity contribution is 0.827. The molecule has 0 saturated carbocycles. The van der Waals surface area contributed by atoms with Gasteiger partial charge >= 0.3 is 0 Å². The Bertz CT molecular complexity index is 1170. The van der Waals surface area contributed by atoms with Gasteiger partial charge in [0.15, 0.2) is 0 Å². The Hall–Kier alpha value is -2.83. The molecule has 1 heterocycles. The Morgan fingerprint density at radius 1 is 1.00 bits per heavy atom. The standard InChI is InChI=1S/C23H17BrN2/c1-2-26-22-6-4-3-5-20(22)21-14-16(7-12-23(21)26)13-18(15-25)17-8-10-19(24)11-9-17/h3-14H,2H2,1H3. The third-order valence-electron chi connectivity index (χ3n) is 4.70. The van der Waals surface area contributed by atoms with Crippen molar-refractivity contribution in [2.75, 3.05) is 0 Å². The third-order valence-corrected chi connectivity index (χ3v) is 5.23. The van der Waals surface area contributed by atoms with Gasteiger partial charge in [-0.25, -0.2) is 0 Å². The molecule has 2 nitrogen and oxygen atoms in total. The summed E-state index contributed by atoms with van der Waals surface area (Å²) in [5.74, 6) is 0. The zero-order valence-electron chi connectivity index (χ0n) is 14.4. The van der Waals surface area contributed by atoms with Crippen molar-refractivity contribution in [3.63, 3.8) is 0 Å². The van der Waals surface area contributed by atoms with E-state index < -0.39 is 0 Å². The molecular weight excluding hydrogens is 384 g/mol. The van der Waals surface area contributed by atoms with Crippen LogP contribution in [0.25, 0.3) is 33.5 Å². The summed E-state index contributed by atoms with van der Waals surface area (Å²) < 4.78 is 3.34. The molecule has 3 aromatic carbocycles. The normalized spacial score (nSPS) is 11.8. The first-order valence-corrected chi connectivity index (χ1v) is 9.39. The lowest BCUT2D eigenvalue weighted by atomic mass is 10.0. The number of nitrogens with zero attached hydrogens (tertiary/aromatic N) is 2. The van der Waals surface area contributed by atoms with Gasteiger partial charge in [0.25, 0.3) is 0 Å². The number of aromatic nitrogens is 1. The lowest BCUT2D eigenvalue weighted by Gasteiger charge is -2.03. The summed E-state index contributed by atoms with van der Waals surface area (Å²) in [7, 11) is 0. The molecule has 0 aliphatic rings. The minimum absolute atomic E-state index is 0.663. The van der Waals surface area contributed by atoms with Crippen molar-refractivity contribution in [3.8, 4) is 6.07 Å². The first-order chi connectivity index (χ1) is 12.7. The van der Waals surface area contributed by atoms with Gasteiger partial charge in [0.2, 0.25) is 0 Å².